The molecule has 0 fully saturated rings. The summed E-state index contributed by atoms with van der Waals surface area (Å²) in [5.74, 6) is 1.83. The summed E-state index contributed by atoms with van der Waals surface area (Å²) in [4.78, 5) is 15.3. The summed E-state index contributed by atoms with van der Waals surface area (Å²) in [6.07, 6.45) is 2.54. The number of rotatable bonds is 2. The monoisotopic (exact) mass is 221 g/mol. The summed E-state index contributed by atoms with van der Waals surface area (Å²) in [7, 11) is 1.65. The van der Waals surface area contributed by atoms with Gasteiger partial charge in [-0.25, -0.2) is 4.79 Å². The van der Waals surface area contributed by atoms with Crippen molar-refractivity contribution in [3.63, 3.8) is 0 Å². The number of thioether (sulfide) groups is 1. The lowest BCUT2D eigenvalue weighted by atomic mass is 10.0. The van der Waals surface area contributed by atoms with Crippen LogP contribution in [0.1, 0.15) is 18.0 Å². The highest BCUT2D eigenvalue weighted by Gasteiger charge is 2.20. The van der Waals surface area contributed by atoms with Gasteiger partial charge in [-0.15, -0.1) is 11.8 Å². The molecule has 0 saturated heterocycles. The van der Waals surface area contributed by atoms with Gasteiger partial charge in [0.25, 0.3) is 0 Å². The molecule has 1 unspecified atom stereocenters. The van der Waals surface area contributed by atoms with Gasteiger partial charge in [-0.3, -0.25) is 0 Å². The number of isocyanates is 1. The molecule has 0 radical (unpaired) electrons. The van der Waals surface area contributed by atoms with Gasteiger partial charge in [0.1, 0.15) is 5.75 Å². The third-order valence-corrected chi connectivity index (χ3v) is 3.54. The minimum Gasteiger partial charge on any atom is -0.497 e. The van der Waals surface area contributed by atoms with Gasteiger partial charge in [0.15, 0.2) is 0 Å². The average Bonchev–Trinajstić information content (AvgIpc) is 2.29. The smallest absolute Gasteiger partial charge is 0.235 e. The zero-order valence-corrected chi connectivity index (χ0v) is 9.21. The molecule has 2 rings (SSSR count). The van der Waals surface area contributed by atoms with Gasteiger partial charge in [-0.05, 0) is 24.1 Å². The summed E-state index contributed by atoms with van der Waals surface area (Å²) in [5, 5.41) is 0. The van der Waals surface area contributed by atoms with E-state index in [-0.39, 0.29) is 6.04 Å². The van der Waals surface area contributed by atoms with E-state index in [0.29, 0.717) is 0 Å². The van der Waals surface area contributed by atoms with Crippen LogP contribution in [0, 0.1) is 0 Å². The zero-order valence-electron chi connectivity index (χ0n) is 8.40. The Bertz CT molecular complexity index is 413. The molecule has 3 nitrogen and oxygen atoms in total. The average molecular weight is 221 g/mol. The van der Waals surface area contributed by atoms with Crippen LogP contribution in [0.5, 0.6) is 5.75 Å². The van der Waals surface area contributed by atoms with Crippen LogP contribution in [0.4, 0.5) is 0 Å². The fraction of sp³-hybridized carbons (Fsp3) is 0.364. The number of carbonyl (C=O) groups excluding carboxylic acids is 1. The topological polar surface area (TPSA) is 38.7 Å². The van der Waals surface area contributed by atoms with Crippen molar-refractivity contribution in [3.05, 3.63) is 23.8 Å². The predicted octanol–water partition coefficient (Wildman–Crippen LogP) is 2.57. The number of benzene rings is 1. The largest absolute Gasteiger partial charge is 0.497 e. The first-order valence-electron chi connectivity index (χ1n) is 4.73. The van der Waals surface area contributed by atoms with Gasteiger partial charge < -0.3 is 4.74 Å². The fourth-order valence-corrected chi connectivity index (χ4v) is 2.81. The van der Waals surface area contributed by atoms with E-state index in [0.717, 1.165) is 28.4 Å². The Morgan fingerprint density at radius 2 is 2.47 bits per heavy atom. The van der Waals surface area contributed by atoms with Crippen LogP contribution in [0.3, 0.4) is 0 Å². The van der Waals surface area contributed by atoms with Crippen LogP contribution in [0.15, 0.2) is 28.1 Å². The van der Waals surface area contributed by atoms with Crippen molar-refractivity contribution < 1.29 is 9.53 Å². The molecular weight excluding hydrogens is 210 g/mol. The molecule has 1 aromatic carbocycles. The van der Waals surface area contributed by atoms with Gasteiger partial charge in [0, 0.05) is 10.6 Å². The standard InChI is InChI=1S/C11H11NO2S/c1-14-8-2-3-9-10(12-7-13)4-5-15-11(9)6-8/h2-3,6,10H,4-5H2,1H3. The molecule has 1 heterocycles. The highest BCUT2D eigenvalue weighted by molar-refractivity contribution is 7.99. The molecule has 0 spiro atoms. The van der Waals surface area contributed by atoms with Gasteiger partial charge in [-0.1, -0.05) is 6.07 Å². The van der Waals surface area contributed by atoms with E-state index in [1.165, 1.54) is 0 Å². The molecular formula is C11H11NO2S. The summed E-state index contributed by atoms with van der Waals surface area (Å²) in [6, 6.07) is 5.85. The van der Waals surface area contributed by atoms with E-state index in [1.807, 2.05) is 18.2 Å². The first-order chi connectivity index (χ1) is 7.35. The number of hydrogen-bond donors (Lipinski definition) is 0. The predicted molar refractivity (Wildman–Crippen MR) is 59.2 cm³/mol. The van der Waals surface area contributed by atoms with Crippen molar-refractivity contribution in [1.82, 2.24) is 0 Å². The van der Waals surface area contributed by atoms with Crippen LogP contribution < -0.4 is 4.74 Å². The molecule has 1 aliphatic rings. The first-order valence-corrected chi connectivity index (χ1v) is 5.71. The SMILES string of the molecule is COc1ccc2c(c1)SCCC2N=C=O. The highest BCUT2D eigenvalue weighted by Crippen LogP contribution is 2.39. The molecule has 0 bridgehead atoms. The molecule has 1 aromatic rings. The van der Waals surface area contributed by atoms with Gasteiger partial charge in [-0.2, -0.15) is 4.99 Å². The van der Waals surface area contributed by atoms with Crippen LogP contribution in [0.2, 0.25) is 0 Å². The molecule has 78 valence electrons. The van der Waals surface area contributed by atoms with Gasteiger partial charge in [0.05, 0.1) is 13.2 Å². The fourth-order valence-electron chi connectivity index (χ4n) is 1.68. The van der Waals surface area contributed by atoms with E-state index in [2.05, 4.69) is 4.99 Å². The molecule has 4 heteroatoms. The van der Waals surface area contributed by atoms with E-state index < -0.39 is 0 Å². The molecule has 0 N–H and O–H groups in total. The van der Waals surface area contributed by atoms with Crippen LogP contribution in [-0.4, -0.2) is 18.9 Å². The van der Waals surface area contributed by atoms with Crippen molar-refractivity contribution in [2.24, 2.45) is 4.99 Å². The van der Waals surface area contributed by atoms with Crippen LogP contribution >= 0.6 is 11.8 Å². The molecule has 0 amide bonds. The first kappa shape index (κ1) is 10.3. The Balaban J connectivity index is 2.40. The number of aliphatic imine (C=N–C) groups is 1. The van der Waals surface area contributed by atoms with E-state index >= 15 is 0 Å². The lowest BCUT2D eigenvalue weighted by Gasteiger charge is -2.21. The molecule has 1 aliphatic heterocycles. The maximum Gasteiger partial charge on any atom is 0.235 e. The summed E-state index contributed by atoms with van der Waals surface area (Å²) in [5.41, 5.74) is 1.11. The number of ether oxygens (including phenoxy) is 1. The minimum atomic E-state index is -0.0235. The van der Waals surface area contributed by atoms with Crippen molar-refractivity contribution in [2.45, 2.75) is 17.4 Å². The highest BCUT2D eigenvalue weighted by atomic mass is 32.2. The van der Waals surface area contributed by atoms with Crippen molar-refractivity contribution >= 4 is 17.8 Å². The Morgan fingerprint density at radius 1 is 1.60 bits per heavy atom. The maximum atomic E-state index is 10.3. The summed E-state index contributed by atoms with van der Waals surface area (Å²) in [6.45, 7) is 0. The van der Waals surface area contributed by atoms with Gasteiger partial charge in [0.2, 0.25) is 6.08 Å². The lowest BCUT2D eigenvalue weighted by Crippen LogP contribution is -2.05. The number of methoxy groups -OCH3 is 1. The van der Waals surface area contributed by atoms with Gasteiger partial charge >= 0.3 is 0 Å². The third kappa shape index (κ3) is 2.06. The number of fused-ring (bicyclic) bond motifs is 1. The maximum absolute atomic E-state index is 10.3. The second-order valence-corrected chi connectivity index (χ2v) is 4.41. The molecule has 0 aromatic heterocycles. The van der Waals surface area contributed by atoms with Crippen molar-refractivity contribution in [1.29, 1.82) is 0 Å². The van der Waals surface area contributed by atoms with E-state index in [1.54, 1.807) is 25.0 Å². The molecule has 15 heavy (non-hydrogen) atoms. The van der Waals surface area contributed by atoms with Crippen molar-refractivity contribution in [2.75, 3.05) is 12.9 Å². The minimum absolute atomic E-state index is 0.0235. The Kier molecular flexibility index (Phi) is 3.09. The third-order valence-electron chi connectivity index (χ3n) is 2.44. The normalized spacial score (nSPS) is 18.9. The number of nitrogens with zero attached hydrogens (tertiary/aromatic N) is 1. The molecule has 0 aliphatic carbocycles. The molecule has 1 atom stereocenters. The Labute approximate surface area is 92.5 Å². The van der Waals surface area contributed by atoms with E-state index in [4.69, 9.17) is 4.74 Å². The van der Waals surface area contributed by atoms with Crippen LogP contribution in [0.25, 0.3) is 0 Å². The Hall–Kier alpha value is -1.25. The second kappa shape index (κ2) is 4.51. The second-order valence-electron chi connectivity index (χ2n) is 3.28. The summed E-state index contributed by atoms with van der Waals surface area (Å²) >= 11 is 1.78. The number of hydrogen-bond acceptors (Lipinski definition) is 4. The Morgan fingerprint density at radius 3 is 3.20 bits per heavy atom. The quantitative estimate of drug-likeness (QED) is 0.569. The summed E-state index contributed by atoms with van der Waals surface area (Å²) < 4.78 is 5.15. The van der Waals surface area contributed by atoms with Crippen LogP contribution in [-0.2, 0) is 4.79 Å². The lowest BCUT2D eigenvalue weighted by molar-refractivity contribution is 0.413. The van der Waals surface area contributed by atoms with E-state index in [9.17, 15) is 4.79 Å². The van der Waals surface area contributed by atoms with Crippen molar-refractivity contribution in [3.8, 4) is 5.75 Å². The zero-order chi connectivity index (χ0) is 10.7. The molecule has 0 saturated carbocycles.